The molecule has 5 atom stereocenters. The van der Waals surface area contributed by atoms with Crippen molar-refractivity contribution < 1.29 is 5.11 Å². The van der Waals surface area contributed by atoms with Gasteiger partial charge in [0.25, 0.3) is 0 Å². The lowest BCUT2D eigenvalue weighted by atomic mass is 10.1. The Balaban J connectivity index is 1.79. The van der Waals surface area contributed by atoms with E-state index in [1.807, 2.05) is 0 Å². The lowest BCUT2D eigenvalue weighted by Crippen LogP contribution is -2.09. The Hall–Kier alpha value is -0.0400. The van der Waals surface area contributed by atoms with E-state index < -0.39 is 0 Å². The molecule has 0 amide bonds. The molecule has 1 nitrogen and oxygen atoms in total. The average molecular weight is 138 g/mol. The van der Waals surface area contributed by atoms with Crippen molar-refractivity contribution >= 4 is 0 Å². The van der Waals surface area contributed by atoms with Crippen molar-refractivity contribution in [2.24, 2.45) is 23.7 Å². The highest BCUT2D eigenvalue weighted by molar-refractivity contribution is 5.03. The minimum atomic E-state index is 0.0856. The van der Waals surface area contributed by atoms with Gasteiger partial charge in [-0.05, 0) is 49.4 Å². The summed E-state index contributed by atoms with van der Waals surface area (Å²) in [6, 6.07) is 0. The molecule has 1 heteroatoms. The Labute approximate surface area is 61.4 Å². The van der Waals surface area contributed by atoms with Crippen LogP contribution in [-0.4, -0.2) is 11.2 Å². The summed E-state index contributed by atoms with van der Waals surface area (Å²) in [4.78, 5) is 0. The fraction of sp³-hybridized carbons (Fsp3) is 1.00. The summed E-state index contributed by atoms with van der Waals surface area (Å²) in [7, 11) is 0. The smallest absolute Gasteiger partial charge is 0.0573 e. The van der Waals surface area contributed by atoms with Crippen LogP contribution in [-0.2, 0) is 0 Å². The van der Waals surface area contributed by atoms with Crippen LogP contribution in [0.2, 0.25) is 0 Å². The lowest BCUT2D eigenvalue weighted by molar-refractivity contribution is 0.133. The number of fused-ring (bicyclic) bond motifs is 2. The van der Waals surface area contributed by atoms with Gasteiger partial charge in [-0.1, -0.05) is 0 Å². The van der Waals surface area contributed by atoms with Crippen LogP contribution in [0.25, 0.3) is 0 Å². The first-order chi connectivity index (χ1) is 4.84. The Morgan fingerprint density at radius 3 is 2.40 bits per heavy atom. The predicted octanol–water partition coefficient (Wildman–Crippen LogP) is 1.41. The van der Waals surface area contributed by atoms with Gasteiger partial charge < -0.3 is 5.11 Å². The Bertz CT molecular complexity index is 164. The normalized spacial score (nSPS) is 63.9. The molecule has 0 saturated heterocycles. The minimum Gasteiger partial charge on any atom is -0.393 e. The topological polar surface area (TPSA) is 20.2 Å². The zero-order chi connectivity index (χ0) is 6.72. The second-order valence-corrected chi connectivity index (χ2v) is 4.45. The molecule has 0 aromatic heterocycles. The summed E-state index contributed by atoms with van der Waals surface area (Å²) in [5.74, 6) is 3.63. The van der Waals surface area contributed by atoms with E-state index in [0.717, 1.165) is 30.1 Å². The maximum atomic E-state index is 9.60. The van der Waals surface area contributed by atoms with Gasteiger partial charge in [0.1, 0.15) is 0 Å². The van der Waals surface area contributed by atoms with Crippen molar-refractivity contribution in [3.8, 4) is 0 Å². The summed E-state index contributed by atoms with van der Waals surface area (Å²) in [5.41, 5.74) is 0. The molecule has 0 unspecified atom stereocenters. The minimum absolute atomic E-state index is 0.0856. The highest BCUT2D eigenvalue weighted by atomic mass is 16.3. The first-order valence-electron chi connectivity index (χ1n) is 4.52. The summed E-state index contributed by atoms with van der Waals surface area (Å²) in [6.07, 6.45) is 5.44. The molecule has 3 aliphatic carbocycles. The maximum Gasteiger partial charge on any atom is 0.0573 e. The van der Waals surface area contributed by atoms with Crippen molar-refractivity contribution in [2.75, 3.05) is 0 Å². The van der Waals surface area contributed by atoms with E-state index in [2.05, 4.69) is 0 Å². The van der Waals surface area contributed by atoms with Crippen LogP contribution in [0.1, 0.15) is 25.7 Å². The van der Waals surface area contributed by atoms with E-state index in [1.54, 1.807) is 0 Å². The van der Waals surface area contributed by atoms with Gasteiger partial charge in [0.15, 0.2) is 0 Å². The summed E-state index contributed by atoms with van der Waals surface area (Å²) >= 11 is 0. The quantitative estimate of drug-likeness (QED) is 0.536. The second kappa shape index (κ2) is 1.58. The molecule has 3 saturated carbocycles. The zero-order valence-corrected chi connectivity index (χ0v) is 6.16. The van der Waals surface area contributed by atoms with Crippen LogP contribution >= 0.6 is 0 Å². The molecule has 0 aromatic rings. The van der Waals surface area contributed by atoms with Crippen LogP contribution in [0.15, 0.2) is 0 Å². The van der Waals surface area contributed by atoms with Gasteiger partial charge in [-0.3, -0.25) is 0 Å². The predicted molar refractivity (Wildman–Crippen MR) is 38.4 cm³/mol. The monoisotopic (exact) mass is 138 g/mol. The van der Waals surface area contributed by atoms with Crippen LogP contribution < -0.4 is 0 Å². The summed E-state index contributed by atoms with van der Waals surface area (Å²) in [6.45, 7) is 0. The number of rotatable bonds is 0. The fourth-order valence-electron chi connectivity index (χ4n) is 2.77. The molecular weight excluding hydrogens is 124 g/mol. The first-order valence-corrected chi connectivity index (χ1v) is 4.52. The number of aliphatic hydroxyl groups is 1. The molecule has 0 aliphatic heterocycles. The Kier molecular flexibility index (Phi) is 0.883. The van der Waals surface area contributed by atoms with Crippen molar-refractivity contribution in [1.82, 2.24) is 0 Å². The van der Waals surface area contributed by atoms with Crippen molar-refractivity contribution in [3.63, 3.8) is 0 Å². The third-order valence-electron chi connectivity index (χ3n) is 3.69. The number of hydrogen-bond acceptors (Lipinski definition) is 1. The highest BCUT2D eigenvalue weighted by Gasteiger charge is 2.53. The summed E-state index contributed by atoms with van der Waals surface area (Å²) < 4.78 is 0. The fourth-order valence-corrected chi connectivity index (χ4v) is 2.77. The third kappa shape index (κ3) is 0.672. The van der Waals surface area contributed by atoms with Crippen LogP contribution in [0, 0.1) is 23.7 Å². The largest absolute Gasteiger partial charge is 0.393 e. The van der Waals surface area contributed by atoms with Crippen LogP contribution in [0.5, 0.6) is 0 Å². The number of aliphatic hydroxyl groups excluding tert-OH is 1. The standard InChI is InChI=1S/C9H14O/c10-9-4-6-1-5(6)2-7-3-8(7)9/h5-10H,1-4H2/t5-,6+,7-,8+,9+/m1/s1. The molecular formula is C9H14O. The maximum absolute atomic E-state index is 9.60. The van der Waals surface area contributed by atoms with Gasteiger partial charge in [0, 0.05) is 0 Å². The van der Waals surface area contributed by atoms with Gasteiger partial charge in [0.05, 0.1) is 6.10 Å². The second-order valence-electron chi connectivity index (χ2n) is 4.45. The summed E-state index contributed by atoms with van der Waals surface area (Å²) in [5, 5.41) is 9.60. The Morgan fingerprint density at radius 1 is 0.800 bits per heavy atom. The van der Waals surface area contributed by atoms with Crippen molar-refractivity contribution in [1.29, 1.82) is 0 Å². The van der Waals surface area contributed by atoms with Gasteiger partial charge in [-0.25, -0.2) is 0 Å². The molecule has 0 aromatic carbocycles. The van der Waals surface area contributed by atoms with Crippen LogP contribution in [0.4, 0.5) is 0 Å². The molecule has 1 N–H and O–H groups in total. The molecule has 0 heterocycles. The van der Waals surface area contributed by atoms with E-state index in [-0.39, 0.29) is 6.10 Å². The molecule has 3 rings (SSSR count). The van der Waals surface area contributed by atoms with Crippen LogP contribution in [0.3, 0.4) is 0 Å². The Morgan fingerprint density at radius 2 is 1.50 bits per heavy atom. The van der Waals surface area contributed by atoms with E-state index >= 15 is 0 Å². The van der Waals surface area contributed by atoms with E-state index in [9.17, 15) is 5.11 Å². The third-order valence-corrected chi connectivity index (χ3v) is 3.69. The SMILES string of the molecule is O[C@H]1C[C@@H]2C[C@@H]2C[C@@H]2C[C@@H]21. The van der Waals surface area contributed by atoms with Gasteiger partial charge in [0.2, 0.25) is 0 Å². The van der Waals surface area contributed by atoms with E-state index in [4.69, 9.17) is 0 Å². The van der Waals surface area contributed by atoms with E-state index in [0.29, 0.717) is 0 Å². The average Bonchev–Trinajstić information content (AvgIpc) is 2.66. The number of hydrogen-bond donors (Lipinski definition) is 1. The molecule has 3 aliphatic rings. The molecule has 0 spiro atoms. The highest BCUT2D eigenvalue weighted by Crippen LogP contribution is 2.59. The molecule has 0 radical (unpaired) electrons. The zero-order valence-electron chi connectivity index (χ0n) is 6.16. The van der Waals surface area contributed by atoms with Gasteiger partial charge in [-0.2, -0.15) is 0 Å². The van der Waals surface area contributed by atoms with E-state index in [1.165, 1.54) is 19.3 Å². The first kappa shape index (κ1) is 5.59. The van der Waals surface area contributed by atoms with Gasteiger partial charge in [-0.15, -0.1) is 0 Å². The molecule has 56 valence electrons. The lowest BCUT2D eigenvalue weighted by Gasteiger charge is -2.05. The van der Waals surface area contributed by atoms with Crippen molar-refractivity contribution in [3.05, 3.63) is 0 Å². The molecule has 10 heavy (non-hydrogen) atoms. The molecule has 3 fully saturated rings. The molecule has 0 bridgehead atoms. The van der Waals surface area contributed by atoms with Gasteiger partial charge >= 0.3 is 0 Å². The van der Waals surface area contributed by atoms with Crippen molar-refractivity contribution in [2.45, 2.75) is 31.8 Å².